The molecule has 1 aliphatic heterocycles. The standard InChI is InChI=1S/C16H20BrNO3/c1-10(19)18-6-4-5-11-7-13(17)12(8-14(11)18)16(2,3)9-15(20)21/h7-8H,4-6,9H2,1-3H3,(H,20,21). The van der Waals surface area contributed by atoms with E-state index in [1.807, 2.05) is 26.0 Å². The van der Waals surface area contributed by atoms with Gasteiger partial charge in [-0.1, -0.05) is 29.8 Å². The number of hydrogen-bond donors (Lipinski definition) is 1. The zero-order valence-corrected chi connectivity index (χ0v) is 14.2. The van der Waals surface area contributed by atoms with Gasteiger partial charge in [0.15, 0.2) is 0 Å². The molecule has 114 valence electrons. The number of carbonyl (C=O) groups is 2. The zero-order valence-electron chi connectivity index (χ0n) is 12.6. The van der Waals surface area contributed by atoms with Gasteiger partial charge in [-0.15, -0.1) is 0 Å². The van der Waals surface area contributed by atoms with Gasteiger partial charge in [0.2, 0.25) is 5.91 Å². The maximum Gasteiger partial charge on any atom is 0.304 e. The molecule has 1 aromatic carbocycles. The molecule has 21 heavy (non-hydrogen) atoms. The number of benzene rings is 1. The number of carboxylic acids is 1. The third-order valence-corrected chi connectivity index (χ3v) is 4.65. The summed E-state index contributed by atoms with van der Waals surface area (Å²) in [6, 6.07) is 4.01. The van der Waals surface area contributed by atoms with Gasteiger partial charge in [0.25, 0.3) is 0 Å². The van der Waals surface area contributed by atoms with E-state index < -0.39 is 11.4 Å². The number of fused-ring (bicyclic) bond motifs is 1. The zero-order chi connectivity index (χ0) is 15.8. The SMILES string of the molecule is CC(=O)N1CCCc2cc(Br)c(C(C)(C)CC(=O)O)cc21. The van der Waals surface area contributed by atoms with Crippen LogP contribution in [0.5, 0.6) is 0 Å². The third-order valence-electron chi connectivity index (χ3n) is 3.99. The Morgan fingerprint density at radius 2 is 2.05 bits per heavy atom. The minimum Gasteiger partial charge on any atom is -0.481 e. The molecular weight excluding hydrogens is 334 g/mol. The molecule has 2 rings (SSSR count). The van der Waals surface area contributed by atoms with Crippen LogP contribution in [0.3, 0.4) is 0 Å². The van der Waals surface area contributed by atoms with Crippen molar-refractivity contribution in [2.75, 3.05) is 11.4 Å². The van der Waals surface area contributed by atoms with Crippen molar-refractivity contribution in [1.29, 1.82) is 0 Å². The highest BCUT2D eigenvalue weighted by Gasteiger charge is 2.29. The maximum atomic E-state index is 11.8. The second kappa shape index (κ2) is 5.79. The first kappa shape index (κ1) is 16.0. The van der Waals surface area contributed by atoms with Crippen molar-refractivity contribution in [1.82, 2.24) is 0 Å². The molecule has 0 atom stereocenters. The molecule has 1 N–H and O–H groups in total. The van der Waals surface area contributed by atoms with Gasteiger partial charge in [-0.2, -0.15) is 0 Å². The fourth-order valence-corrected chi connectivity index (χ4v) is 3.85. The third kappa shape index (κ3) is 3.28. The fourth-order valence-electron chi connectivity index (χ4n) is 2.92. The summed E-state index contributed by atoms with van der Waals surface area (Å²) in [5.41, 5.74) is 2.49. The van der Waals surface area contributed by atoms with Crippen molar-refractivity contribution in [3.63, 3.8) is 0 Å². The average Bonchev–Trinajstić information content (AvgIpc) is 2.35. The largest absolute Gasteiger partial charge is 0.481 e. The number of hydrogen-bond acceptors (Lipinski definition) is 2. The first-order valence-electron chi connectivity index (χ1n) is 7.05. The number of halogens is 1. The minimum atomic E-state index is -0.826. The van der Waals surface area contributed by atoms with E-state index in [9.17, 15) is 9.59 Å². The van der Waals surface area contributed by atoms with E-state index in [1.54, 1.807) is 11.8 Å². The summed E-state index contributed by atoms with van der Waals surface area (Å²) in [7, 11) is 0. The first-order valence-corrected chi connectivity index (χ1v) is 7.84. The van der Waals surface area contributed by atoms with Gasteiger partial charge in [0.05, 0.1) is 6.42 Å². The van der Waals surface area contributed by atoms with Crippen molar-refractivity contribution in [2.24, 2.45) is 0 Å². The van der Waals surface area contributed by atoms with E-state index >= 15 is 0 Å². The highest BCUT2D eigenvalue weighted by Crippen LogP contribution is 2.39. The van der Waals surface area contributed by atoms with Crippen LogP contribution in [0.15, 0.2) is 16.6 Å². The van der Waals surface area contributed by atoms with Gasteiger partial charge >= 0.3 is 5.97 Å². The average molecular weight is 354 g/mol. The van der Waals surface area contributed by atoms with Crippen molar-refractivity contribution in [3.8, 4) is 0 Å². The van der Waals surface area contributed by atoms with Crippen LogP contribution in [-0.4, -0.2) is 23.5 Å². The van der Waals surface area contributed by atoms with E-state index in [2.05, 4.69) is 15.9 Å². The van der Waals surface area contributed by atoms with Crippen LogP contribution in [-0.2, 0) is 21.4 Å². The van der Waals surface area contributed by atoms with Crippen LogP contribution in [0.4, 0.5) is 5.69 Å². The minimum absolute atomic E-state index is 0.0280. The van der Waals surface area contributed by atoms with Crippen LogP contribution in [0.25, 0.3) is 0 Å². The number of aryl methyl sites for hydroxylation is 1. The Bertz CT molecular complexity index is 595. The van der Waals surface area contributed by atoms with Gasteiger partial charge in [-0.3, -0.25) is 9.59 Å². The summed E-state index contributed by atoms with van der Waals surface area (Å²) in [4.78, 5) is 24.7. The van der Waals surface area contributed by atoms with Gasteiger partial charge in [0, 0.05) is 29.0 Å². The quantitative estimate of drug-likeness (QED) is 0.904. The number of anilines is 1. The summed E-state index contributed by atoms with van der Waals surface area (Å²) in [6.45, 7) is 6.12. The molecule has 0 aromatic heterocycles. The Balaban J connectivity index is 2.52. The normalized spacial score (nSPS) is 14.8. The molecule has 1 amide bonds. The van der Waals surface area contributed by atoms with Crippen molar-refractivity contribution in [3.05, 3.63) is 27.7 Å². The Morgan fingerprint density at radius 1 is 1.38 bits per heavy atom. The van der Waals surface area contributed by atoms with Crippen LogP contribution in [0.1, 0.15) is 44.7 Å². The second-order valence-corrected chi connectivity index (χ2v) is 7.04. The molecular formula is C16H20BrNO3. The first-order chi connectivity index (χ1) is 9.72. The van der Waals surface area contributed by atoms with Crippen LogP contribution in [0.2, 0.25) is 0 Å². The molecule has 0 aliphatic carbocycles. The lowest BCUT2D eigenvalue weighted by Gasteiger charge is -2.32. The molecule has 0 fully saturated rings. The number of carboxylic acid groups (broad SMARTS) is 1. The summed E-state index contributed by atoms with van der Waals surface area (Å²) >= 11 is 3.56. The molecule has 0 saturated heterocycles. The van der Waals surface area contributed by atoms with E-state index in [-0.39, 0.29) is 12.3 Å². The van der Waals surface area contributed by atoms with E-state index in [0.717, 1.165) is 40.7 Å². The van der Waals surface area contributed by atoms with Gasteiger partial charge in [0.1, 0.15) is 0 Å². The van der Waals surface area contributed by atoms with Gasteiger partial charge in [-0.05, 0) is 36.1 Å². The molecule has 1 aromatic rings. The van der Waals surface area contributed by atoms with E-state index in [0.29, 0.717) is 0 Å². The predicted molar refractivity (Wildman–Crippen MR) is 85.8 cm³/mol. The van der Waals surface area contributed by atoms with Crippen molar-refractivity contribution >= 4 is 33.5 Å². The monoisotopic (exact) mass is 353 g/mol. The lowest BCUT2D eigenvalue weighted by atomic mass is 9.80. The molecule has 5 heteroatoms. The highest BCUT2D eigenvalue weighted by atomic mass is 79.9. The molecule has 0 unspecified atom stereocenters. The smallest absolute Gasteiger partial charge is 0.304 e. The molecule has 0 bridgehead atoms. The maximum absolute atomic E-state index is 11.8. The number of aliphatic carboxylic acids is 1. The molecule has 1 aliphatic rings. The van der Waals surface area contributed by atoms with Crippen LogP contribution in [0, 0.1) is 0 Å². The molecule has 1 heterocycles. The Kier molecular flexibility index (Phi) is 4.42. The van der Waals surface area contributed by atoms with Gasteiger partial charge < -0.3 is 10.0 Å². The highest BCUT2D eigenvalue weighted by molar-refractivity contribution is 9.10. The van der Waals surface area contributed by atoms with E-state index in [1.165, 1.54) is 0 Å². The van der Waals surface area contributed by atoms with Gasteiger partial charge in [-0.25, -0.2) is 0 Å². The second-order valence-electron chi connectivity index (χ2n) is 6.19. The molecule has 4 nitrogen and oxygen atoms in total. The summed E-state index contributed by atoms with van der Waals surface area (Å²) < 4.78 is 0.915. The topological polar surface area (TPSA) is 57.6 Å². The Labute approximate surface area is 133 Å². The lowest BCUT2D eigenvalue weighted by Crippen LogP contribution is -2.34. The number of rotatable bonds is 3. The number of amides is 1. The number of nitrogens with zero attached hydrogens (tertiary/aromatic N) is 1. The molecule has 0 saturated carbocycles. The lowest BCUT2D eigenvalue weighted by molar-refractivity contribution is -0.138. The predicted octanol–water partition coefficient (Wildman–Crippen LogP) is 3.50. The van der Waals surface area contributed by atoms with E-state index in [4.69, 9.17) is 5.11 Å². The fraction of sp³-hybridized carbons (Fsp3) is 0.500. The summed E-state index contributed by atoms with van der Waals surface area (Å²) in [5, 5.41) is 9.10. The summed E-state index contributed by atoms with van der Waals surface area (Å²) in [5.74, 6) is -0.798. The van der Waals surface area contributed by atoms with Crippen LogP contribution < -0.4 is 4.90 Å². The van der Waals surface area contributed by atoms with Crippen LogP contribution >= 0.6 is 15.9 Å². The molecule has 0 radical (unpaired) electrons. The van der Waals surface area contributed by atoms with Crippen molar-refractivity contribution in [2.45, 2.75) is 45.4 Å². The van der Waals surface area contributed by atoms with Crippen molar-refractivity contribution < 1.29 is 14.7 Å². The Hall–Kier alpha value is -1.36. The Morgan fingerprint density at radius 3 is 2.62 bits per heavy atom. The summed E-state index contributed by atoms with van der Waals surface area (Å²) in [6.07, 6.45) is 1.94. The molecule has 0 spiro atoms. The number of carbonyl (C=O) groups excluding carboxylic acids is 1.